The van der Waals surface area contributed by atoms with E-state index in [9.17, 15) is 9.59 Å². The van der Waals surface area contributed by atoms with E-state index in [1.165, 1.54) is 10.7 Å². The molecule has 2 aromatic carbocycles. The Hall–Kier alpha value is -2.71. The fourth-order valence-electron chi connectivity index (χ4n) is 5.37. The van der Waals surface area contributed by atoms with Gasteiger partial charge in [-0.2, -0.15) is 10.1 Å². The number of ether oxygens (including phenoxy) is 1. The lowest BCUT2D eigenvalue weighted by Crippen LogP contribution is -2.66. The third-order valence-corrected chi connectivity index (χ3v) is 7.56. The van der Waals surface area contributed by atoms with Crippen molar-refractivity contribution in [2.24, 2.45) is 10.5 Å². The molecule has 0 saturated carbocycles. The van der Waals surface area contributed by atoms with Crippen LogP contribution in [0.3, 0.4) is 0 Å². The van der Waals surface area contributed by atoms with E-state index in [2.05, 4.69) is 51.0 Å². The van der Waals surface area contributed by atoms with Crippen molar-refractivity contribution in [3.8, 4) is 0 Å². The predicted octanol–water partition coefficient (Wildman–Crippen LogP) is 3.71. The summed E-state index contributed by atoms with van der Waals surface area (Å²) in [5.74, 6) is -0.386. The van der Waals surface area contributed by atoms with Crippen molar-refractivity contribution in [2.75, 3.05) is 43.2 Å². The van der Waals surface area contributed by atoms with Gasteiger partial charge < -0.3 is 14.5 Å². The lowest BCUT2D eigenvalue weighted by molar-refractivity contribution is -0.125. The molecule has 3 aliphatic rings. The number of carbonyl (C=O) groups excluding carboxylic acids is 2. The summed E-state index contributed by atoms with van der Waals surface area (Å²) in [6.45, 7) is 6.68. The SMILES string of the molecule is CCOC(=O)c1ccc(N2N=C(C)[C@@]3(Cc4cc(Br)ccc4N4CCN(C)C[C@H]43)C2=O)cc1. The maximum absolute atomic E-state index is 14.1. The van der Waals surface area contributed by atoms with Gasteiger partial charge in [0.1, 0.15) is 5.41 Å². The Kier molecular flexibility index (Phi) is 5.53. The molecule has 3 aliphatic heterocycles. The fourth-order valence-corrected chi connectivity index (χ4v) is 5.78. The molecule has 0 bridgehead atoms. The van der Waals surface area contributed by atoms with Gasteiger partial charge in [-0.15, -0.1) is 0 Å². The molecule has 2 aromatic rings. The van der Waals surface area contributed by atoms with Gasteiger partial charge in [-0.05, 0) is 75.3 Å². The van der Waals surface area contributed by atoms with E-state index in [0.717, 1.165) is 35.4 Å². The second-order valence-electron chi connectivity index (χ2n) is 8.96. The molecule has 0 radical (unpaired) electrons. The van der Waals surface area contributed by atoms with Crippen LogP contribution in [-0.4, -0.2) is 61.8 Å². The van der Waals surface area contributed by atoms with E-state index in [0.29, 0.717) is 24.3 Å². The molecule has 3 heterocycles. The minimum atomic E-state index is -0.734. The number of hydrogen-bond donors (Lipinski definition) is 0. The van der Waals surface area contributed by atoms with Crippen LogP contribution in [-0.2, 0) is 16.0 Å². The number of anilines is 2. The number of fused-ring (bicyclic) bond motifs is 4. The number of piperazine rings is 1. The third kappa shape index (κ3) is 3.47. The second-order valence-corrected chi connectivity index (χ2v) is 9.88. The summed E-state index contributed by atoms with van der Waals surface area (Å²) in [6, 6.07) is 13.3. The molecule has 8 heteroatoms. The predicted molar refractivity (Wildman–Crippen MR) is 132 cm³/mol. The maximum atomic E-state index is 14.1. The number of rotatable bonds is 3. The van der Waals surface area contributed by atoms with Crippen molar-refractivity contribution in [1.82, 2.24) is 4.90 Å². The van der Waals surface area contributed by atoms with E-state index in [1.54, 1.807) is 31.2 Å². The van der Waals surface area contributed by atoms with Crippen molar-refractivity contribution in [2.45, 2.75) is 26.3 Å². The highest BCUT2D eigenvalue weighted by molar-refractivity contribution is 9.10. The smallest absolute Gasteiger partial charge is 0.338 e. The number of hydrazone groups is 1. The second kappa shape index (κ2) is 8.25. The molecule has 0 aromatic heterocycles. The molecule has 1 amide bonds. The largest absolute Gasteiger partial charge is 0.462 e. The van der Waals surface area contributed by atoms with E-state index in [4.69, 9.17) is 9.84 Å². The Balaban J connectivity index is 1.54. The zero-order chi connectivity index (χ0) is 23.3. The van der Waals surface area contributed by atoms with Gasteiger partial charge in [-0.25, -0.2) is 4.79 Å². The molecular formula is C25H27BrN4O3. The van der Waals surface area contributed by atoms with E-state index < -0.39 is 5.41 Å². The van der Waals surface area contributed by atoms with Crippen molar-refractivity contribution >= 4 is 44.9 Å². The molecule has 5 rings (SSSR count). The van der Waals surface area contributed by atoms with Crippen LogP contribution in [0, 0.1) is 5.41 Å². The van der Waals surface area contributed by atoms with Gasteiger partial charge >= 0.3 is 5.97 Å². The molecule has 7 nitrogen and oxygen atoms in total. The number of benzene rings is 2. The topological polar surface area (TPSA) is 65.5 Å². The highest BCUT2D eigenvalue weighted by atomic mass is 79.9. The molecule has 172 valence electrons. The zero-order valence-corrected chi connectivity index (χ0v) is 20.6. The highest BCUT2D eigenvalue weighted by Crippen LogP contribution is 2.48. The van der Waals surface area contributed by atoms with E-state index >= 15 is 0 Å². The Morgan fingerprint density at radius 1 is 1.21 bits per heavy atom. The number of esters is 1. The summed E-state index contributed by atoms with van der Waals surface area (Å²) in [5.41, 5.74) is 3.58. The van der Waals surface area contributed by atoms with Crippen LogP contribution in [0.2, 0.25) is 0 Å². The molecule has 1 spiro atoms. The maximum Gasteiger partial charge on any atom is 0.338 e. The first-order chi connectivity index (χ1) is 15.8. The van der Waals surface area contributed by atoms with Gasteiger partial charge in [0.25, 0.3) is 5.91 Å². The van der Waals surface area contributed by atoms with Crippen molar-refractivity contribution in [1.29, 1.82) is 0 Å². The van der Waals surface area contributed by atoms with Gasteiger partial charge in [-0.3, -0.25) is 4.79 Å². The standard InChI is InChI=1S/C25H27BrN4O3/c1-4-33-23(31)17-5-8-20(9-6-17)30-24(32)25(16(2)27-30)14-18-13-19(26)7-10-21(18)29-12-11-28(3)15-22(25)29/h5-10,13,22H,4,11-12,14-15H2,1-3H3/t22-,25+/m0/s1. The van der Waals surface area contributed by atoms with Crippen LogP contribution < -0.4 is 9.91 Å². The minimum absolute atomic E-state index is 0.00461. The Bertz CT molecular complexity index is 1150. The summed E-state index contributed by atoms with van der Waals surface area (Å²) >= 11 is 3.60. The lowest BCUT2D eigenvalue weighted by atomic mass is 9.67. The molecule has 1 fully saturated rings. The summed E-state index contributed by atoms with van der Waals surface area (Å²) in [7, 11) is 2.11. The van der Waals surface area contributed by atoms with Crippen molar-refractivity contribution in [3.05, 3.63) is 58.1 Å². The summed E-state index contributed by atoms with van der Waals surface area (Å²) in [6.07, 6.45) is 0.613. The van der Waals surface area contributed by atoms with Gasteiger partial charge in [-0.1, -0.05) is 15.9 Å². The van der Waals surface area contributed by atoms with E-state index in [-0.39, 0.29) is 17.9 Å². The van der Waals surface area contributed by atoms with Gasteiger partial charge in [0.2, 0.25) is 0 Å². The number of amides is 1. The van der Waals surface area contributed by atoms with Gasteiger partial charge in [0.15, 0.2) is 0 Å². The quantitative estimate of drug-likeness (QED) is 0.588. The van der Waals surface area contributed by atoms with Gasteiger partial charge in [0.05, 0.1) is 29.6 Å². The average molecular weight is 511 g/mol. The molecule has 0 unspecified atom stereocenters. The molecule has 0 aliphatic carbocycles. The van der Waals surface area contributed by atoms with Crippen molar-refractivity contribution < 1.29 is 14.3 Å². The number of likely N-dealkylation sites (N-methyl/N-ethyl adjacent to an activating group) is 1. The Labute approximate surface area is 202 Å². The number of carbonyl (C=O) groups is 2. The normalized spacial score (nSPS) is 24.5. The first-order valence-corrected chi connectivity index (χ1v) is 12.1. The lowest BCUT2D eigenvalue weighted by Gasteiger charge is -2.52. The highest BCUT2D eigenvalue weighted by Gasteiger charge is 2.59. The van der Waals surface area contributed by atoms with Crippen LogP contribution in [0.15, 0.2) is 52.0 Å². The number of halogens is 1. The zero-order valence-electron chi connectivity index (χ0n) is 19.0. The van der Waals surface area contributed by atoms with E-state index in [1.807, 2.05) is 6.92 Å². The Morgan fingerprint density at radius 3 is 2.70 bits per heavy atom. The number of nitrogens with zero attached hydrogens (tertiary/aromatic N) is 4. The third-order valence-electron chi connectivity index (χ3n) is 7.07. The van der Waals surface area contributed by atoms with Crippen LogP contribution in [0.4, 0.5) is 11.4 Å². The first-order valence-electron chi connectivity index (χ1n) is 11.3. The summed E-state index contributed by atoms with van der Waals surface area (Å²) < 4.78 is 6.08. The minimum Gasteiger partial charge on any atom is -0.462 e. The van der Waals surface area contributed by atoms with Crippen LogP contribution in [0.1, 0.15) is 29.8 Å². The van der Waals surface area contributed by atoms with Crippen LogP contribution in [0.5, 0.6) is 0 Å². The van der Waals surface area contributed by atoms with Crippen LogP contribution >= 0.6 is 15.9 Å². The van der Waals surface area contributed by atoms with Crippen LogP contribution in [0.25, 0.3) is 0 Å². The van der Waals surface area contributed by atoms with Gasteiger partial charge in [0, 0.05) is 29.8 Å². The molecule has 2 atom stereocenters. The monoisotopic (exact) mass is 510 g/mol. The first kappa shape index (κ1) is 22.1. The molecule has 1 saturated heterocycles. The molecule has 33 heavy (non-hydrogen) atoms. The summed E-state index contributed by atoms with van der Waals surface area (Å²) in [5, 5.41) is 6.28. The summed E-state index contributed by atoms with van der Waals surface area (Å²) in [4.78, 5) is 30.9. The molecular weight excluding hydrogens is 484 g/mol. The Morgan fingerprint density at radius 2 is 1.97 bits per heavy atom. The molecule has 0 N–H and O–H groups in total. The average Bonchev–Trinajstić information content (AvgIpc) is 3.05. The fraction of sp³-hybridized carbons (Fsp3) is 0.400. The van der Waals surface area contributed by atoms with Crippen molar-refractivity contribution in [3.63, 3.8) is 0 Å². The number of hydrogen-bond acceptors (Lipinski definition) is 6.